The summed E-state index contributed by atoms with van der Waals surface area (Å²) in [7, 11) is 0. The van der Waals surface area contributed by atoms with Gasteiger partial charge in [-0.15, -0.1) is 11.8 Å². The largest absolute Gasteiger partial charge is 0.383 e. The fourth-order valence-electron chi connectivity index (χ4n) is 2.16. The van der Waals surface area contributed by atoms with E-state index in [9.17, 15) is 0 Å². The van der Waals surface area contributed by atoms with Gasteiger partial charge in [0.1, 0.15) is 16.7 Å². The van der Waals surface area contributed by atoms with Gasteiger partial charge in [0, 0.05) is 17.7 Å². The zero-order chi connectivity index (χ0) is 14.7. The highest BCUT2D eigenvalue weighted by molar-refractivity contribution is 7.98. The second-order valence-electron chi connectivity index (χ2n) is 5.09. The molecule has 2 N–H and O–H groups in total. The molecule has 20 heavy (non-hydrogen) atoms. The van der Waals surface area contributed by atoms with Crippen LogP contribution in [-0.2, 0) is 12.2 Å². The third-order valence-corrected chi connectivity index (χ3v) is 4.31. The van der Waals surface area contributed by atoms with Crippen LogP contribution in [0.25, 0.3) is 0 Å². The second-order valence-corrected chi connectivity index (χ2v) is 6.06. The van der Waals surface area contributed by atoms with E-state index < -0.39 is 0 Å². The number of anilines is 1. The fraction of sp³-hybridized carbons (Fsp3) is 0.375. The Labute approximate surface area is 125 Å². The van der Waals surface area contributed by atoms with E-state index in [2.05, 4.69) is 42.0 Å². The Morgan fingerprint density at radius 2 is 1.70 bits per heavy atom. The van der Waals surface area contributed by atoms with Crippen molar-refractivity contribution in [2.75, 3.05) is 5.73 Å². The summed E-state index contributed by atoms with van der Waals surface area (Å²) in [6.07, 6.45) is 0.807. The van der Waals surface area contributed by atoms with Crippen LogP contribution in [0.15, 0.2) is 23.2 Å². The number of nitrogens with zero attached hydrogens (tertiary/aromatic N) is 2. The zero-order valence-corrected chi connectivity index (χ0v) is 13.3. The van der Waals surface area contributed by atoms with Gasteiger partial charge in [-0.3, -0.25) is 0 Å². The molecule has 0 radical (unpaired) electrons. The Bertz CT molecular complexity index is 603. The van der Waals surface area contributed by atoms with E-state index in [1.807, 2.05) is 13.8 Å². The molecule has 1 heterocycles. The predicted octanol–water partition coefficient (Wildman–Crippen LogP) is 3.84. The number of nitrogens with two attached hydrogens (primary N) is 1. The number of hydrogen-bond donors (Lipinski definition) is 1. The highest BCUT2D eigenvalue weighted by atomic mass is 32.2. The maximum atomic E-state index is 5.95. The summed E-state index contributed by atoms with van der Waals surface area (Å²) < 4.78 is 0. The Morgan fingerprint density at radius 3 is 2.30 bits per heavy atom. The molecule has 4 heteroatoms. The van der Waals surface area contributed by atoms with E-state index in [0.717, 1.165) is 28.6 Å². The zero-order valence-electron chi connectivity index (χ0n) is 12.5. The molecule has 0 unspecified atom stereocenters. The number of nitrogen functional groups attached to an aromatic ring is 1. The minimum absolute atomic E-state index is 0.597. The lowest BCUT2D eigenvalue weighted by molar-refractivity contribution is 0.878. The predicted molar refractivity (Wildman–Crippen MR) is 86.0 cm³/mol. The molecule has 0 saturated heterocycles. The molecule has 0 fully saturated rings. The molecule has 1 aromatic heterocycles. The average Bonchev–Trinajstić information content (AvgIpc) is 2.39. The van der Waals surface area contributed by atoms with E-state index in [1.54, 1.807) is 11.8 Å². The first-order valence-electron chi connectivity index (χ1n) is 6.82. The summed E-state index contributed by atoms with van der Waals surface area (Å²) in [5, 5.41) is 0.994. The number of aryl methyl sites for hydroxylation is 3. The first kappa shape index (κ1) is 14.9. The lowest BCUT2D eigenvalue weighted by Gasteiger charge is -2.09. The van der Waals surface area contributed by atoms with Gasteiger partial charge >= 0.3 is 0 Å². The molecule has 0 amide bonds. The Morgan fingerprint density at radius 1 is 1.05 bits per heavy atom. The standard InChI is InChI=1S/C16H21N3S/c1-5-14-18-15(17)12(4)16(19-14)20-9-13-7-10(2)6-11(3)8-13/h6-8H,5,9H2,1-4H3,(H2,17,18,19). The van der Waals surface area contributed by atoms with E-state index >= 15 is 0 Å². The molecule has 0 atom stereocenters. The summed E-state index contributed by atoms with van der Waals surface area (Å²) in [5.41, 5.74) is 10.9. The third kappa shape index (κ3) is 3.51. The molecule has 0 aliphatic carbocycles. The van der Waals surface area contributed by atoms with E-state index in [0.29, 0.717) is 5.82 Å². The second kappa shape index (κ2) is 6.27. The quantitative estimate of drug-likeness (QED) is 0.685. The van der Waals surface area contributed by atoms with Crippen molar-refractivity contribution in [1.82, 2.24) is 9.97 Å². The molecule has 0 aliphatic heterocycles. The van der Waals surface area contributed by atoms with Crippen molar-refractivity contribution in [3.05, 3.63) is 46.3 Å². The summed E-state index contributed by atoms with van der Waals surface area (Å²) in [6.45, 7) is 8.29. The van der Waals surface area contributed by atoms with Crippen LogP contribution in [0, 0.1) is 20.8 Å². The van der Waals surface area contributed by atoms with Crippen LogP contribution >= 0.6 is 11.8 Å². The van der Waals surface area contributed by atoms with Crippen LogP contribution in [-0.4, -0.2) is 9.97 Å². The highest BCUT2D eigenvalue weighted by Gasteiger charge is 2.09. The molecule has 106 valence electrons. The van der Waals surface area contributed by atoms with Gasteiger partial charge in [-0.2, -0.15) is 0 Å². The van der Waals surface area contributed by atoms with Crippen molar-refractivity contribution >= 4 is 17.6 Å². The normalized spacial score (nSPS) is 10.8. The Hall–Kier alpha value is -1.55. The summed E-state index contributed by atoms with van der Waals surface area (Å²) in [5.74, 6) is 2.32. The maximum Gasteiger partial charge on any atom is 0.131 e. The lowest BCUT2D eigenvalue weighted by Crippen LogP contribution is -2.03. The molecule has 0 bridgehead atoms. The van der Waals surface area contributed by atoms with Crippen LogP contribution in [0.2, 0.25) is 0 Å². The Kier molecular flexibility index (Phi) is 4.65. The first-order valence-corrected chi connectivity index (χ1v) is 7.81. The molecule has 0 aliphatic rings. The number of rotatable bonds is 4. The van der Waals surface area contributed by atoms with Gasteiger partial charge in [0.05, 0.1) is 0 Å². The lowest BCUT2D eigenvalue weighted by atomic mass is 10.1. The Balaban J connectivity index is 2.20. The summed E-state index contributed by atoms with van der Waals surface area (Å²) >= 11 is 1.73. The number of thioether (sulfide) groups is 1. The van der Waals surface area contributed by atoms with Gasteiger partial charge < -0.3 is 5.73 Å². The molecule has 2 aromatic rings. The van der Waals surface area contributed by atoms with Crippen molar-refractivity contribution in [3.8, 4) is 0 Å². The maximum absolute atomic E-state index is 5.95. The minimum atomic E-state index is 0.597. The molecule has 0 spiro atoms. The summed E-state index contributed by atoms with van der Waals surface area (Å²) in [4.78, 5) is 8.87. The number of benzene rings is 1. The van der Waals surface area contributed by atoms with Crippen molar-refractivity contribution in [2.24, 2.45) is 0 Å². The molecule has 0 saturated carbocycles. The summed E-state index contributed by atoms with van der Waals surface area (Å²) in [6, 6.07) is 6.64. The SMILES string of the molecule is CCc1nc(N)c(C)c(SCc2cc(C)cc(C)c2)n1. The van der Waals surface area contributed by atoms with Crippen molar-refractivity contribution in [3.63, 3.8) is 0 Å². The minimum Gasteiger partial charge on any atom is -0.383 e. The van der Waals surface area contributed by atoms with Gasteiger partial charge in [-0.05, 0) is 26.3 Å². The average molecular weight is 287 g/mol. The van der Waals surface area contributed by atoms with Crippen LogP contribution in [0.5, 0.6) is 0 Å². The van der Waals surface area contributed by atoms with Crippen LogP contribution < -0.4 is 5.73 Å². The molecular weight excluding hydrogens is 266 g/mol. The van der Waals surface area contributed by atoms with Crippen LogP contribution in [0.3, 0.4) is 0 Å². The number of aromatic nitrogens is 2. The van der Waals surface area contributed by atoms with Gasteiger partial charge in [0.15, 0.2) is 0 Å². The number of hydrogen-bond acceptors (Lipinski definition) is 4. The third-order valence-electron chi connectivity index (χ3n) is 3.16. The molecule has 3 nitrogen and oxygen atoms in total. The highest BCUT2D eigenvalue weighted by Crippen LogP contribution is 2.27. The van der Waals surface area contributed by atoms with Gasteiger partial charge in [0.2, 0.25) is 0 Å². The molecular formula is C16H21N3S. The van der Waals surface area contributed by atoms with Crippen molar-refractivity contribution in [2.45, 2.75) is 44.9 Å². The van der Waals surface area contributed by atoms with Crippen molar-refractivity contribution in [1.29, 1.82) is 0 Å². The topological polar surface area (TPSA) is 51.8 Å². The van der Waals surface area contributed by atoms with E-state index in [1.165, 1.54) is 16.7 Å². The van der Waals surface area contributed by atoms with Crippen LogP contribution in [0.1, 0.15) is 35.0 Å². The van der Waals surface area contributed by atoms with Gasteiger partial charge in [-0.1, -0.05) is 36.2 Å². The van der Waals surface area contributed by atoms with E-state index in [4.69, 9.17) is 5.73 Å². The molecule has 1 aromatic carbocycles. The van der Waals surface area contributed by atoms with Gasteiger partial charge in [0.25, 0.3) is 0 Å². The fourth-order valence-corrected chi connectivity index (χ4v) is 3.12. The van der Waals surface area contributed by atoms with Crippen molar-refractivity contribution < 1.29 is 0 Å². The molecule has 2 rings (SSSR count). The first-order chi connectivity index (χ1) is 9.49. The van der Waals surface area contributed by atoms with Crippen LogP contribution in [0.4, 0.5) is 5.82 Å². The smallest absolute Gasteiger partial charge is 0.131 e. The van der Waals surface area contributed by atoms with Gasteiger partial charge in [-0.25, -0.2) is 9.97 Å². The van der Waals surface area contributed by atoms with E-state index in [-0.39, 0.29) is 0 Å². The monoisotopic (exact) mass is 287 g/mol.